The number of nitrogens with zero attached hydrogens (tertiary/aromatic N) is 2. The zero-order valence-electron chi connectivity index (χ0n) is 17.5. The van der Waals surface area contributed by atoms with Gasteiger partial charge in [-0.1, -0.05) is 20.8 Å². The van der Waals surface area contributed by atoms with Gasteiger partial charge in [0, 0.05) is 33.3 Å². The van der Waals surface area contributed by atoms with Crippen molar-refractivity contribution in [2.75, 3.05) is 39.2 Å². The van der Waals surface area contributed by atoms with Crippen molar-refractivity contribution < 1.29 is 14.3 Å². The molecule has 150 valence electrons. The number of fused-ring (bicyclic) bond motifs is 1. The summed E-state index contributed by atoms with van der Waals surface area (Å²) < 4.78 is 5.83. The predicted octanol–water partition coefficient (Wildman–Crippen LogP) is 2.92. The standard InChI is InChI=1S/C21H33N3O3/c1-21(2,3)10-7-11-22-19(25)13-16-14-27-18-9-8-15(20(26)23(4)5)12-17(18)24(16)6/h8-9,12,16H,7,10-11,13-14H2,1-6H3,(H,22,25). The largest absolute Gasteiger partial charge is 0.489 e. The summed E-state index contributed by atoms with van der Waals surface area (Å²) in [6, 6.07) is 5.39. The Balaban J connectivity index is 1.95. The molecule has 1 unspecified atom stereocenters. The maximum atomic E-state index is 12.3. The van der Waals surface area contributed by atoms with E-state index in [1.165, 1.54) is 0 Å². The summed E-state index contributed by atoms with van der Waals surface area (Å²) in [7, 11) is 5.41. The molecule has 0 saturated carbocycles. The maximum Gasteiger partial charge on any atom is 0.253 e. The Hall–Kier alpha value is -2.24. The first-order valence-electron chi connectivity index (χ1n) is 9.56. The number of benzene rings is 1. The van der Waals surface area contributed by atoms with Crippen LogP contribution in [0.5, 0.6) is 5.75 Å². The average Bonchev–Trinajstić information content (AvgIpc) is 2.59. The molecular formula is C21H33N3O3. The molecule has 0 spiro atoms. The monoisotopic (exact) mass is 375 g/mol. The zero-order chi connectivity index (χ0) is 20.2. The summed E-state index contributed by atoms with van der Waals surface area (Å²) in [5.74, 6) is 0.730. The fraction of sp³-hybridized carbons (Fsp3) is 0.619. The average molecular weight is 376 g/mol. The Morgan fingerprint density at radius 2 is 2.00 bits per heavy atom. The van der Waals surface area contributed by atoms with E-state index in [0.717, 1.165) is 24.3 Å². The third kappa shape index (κ3) is 5.88. The number of carbonyl (C=O) groups excluding carboxylic acids is 2. The van der Waals surface area contributed by atoms with Crippen molar-refractivity contribution in [3.05, 3.63) is 23.8 Å². The van der Waals surface area contributed by atoms with Crippen LogP contribution in [0, 0.1) is 5.41 Å². The smallest absolute Gasteiger partial charge is 0.253 e. The first-order chi connectivity index (χ1) is 12.6. The van der Waals surface area contributed by atoms with Crippen molar-refractivity contribution in [3.8, 4) is 5.75 Å². The molecule has 0 fully saturated rings. The number of likely N-dealkylation sites (N-methyl/N-ethyl adjacent to an activating group) is 1. The van der Waals surface area contributed by atoms with E-state index in [4.69, 9.17) is 4.74 Å². The molecule has 0 bridgehead atoms. The molecule has 1 aromatic carbocycles. The molecule has 2 rings (SSSR count). The third-order valence-electron chi connectivity index (χ3n) is 4.82. The van der Waals surface area contributed by atoms with Crippen LogP contribution in [-0.4, -0.2) is 57.1 Å². The van der Waals surface area contributed by atoms with Crippen molar-refractivity contribution in [3.63, 3.8) is 0 Å². The highest BCUT2D eigenvalue weighted by Gasteiger charge is 2.27. The van der Waals surface area contributed by atoms with Crippen LogP contribution in [0.15, 0.2) is 18.2 Å². The number of amides is 2. The Kier molecular flexibility index (Phi) is 6.73. The topological polar surface area (TPSA) is 61.9 Å². The third-order valence-corrected chi connectivity index (χ3v) is 4.82. The van der Waals surface area contributed by atoms with Crippen LogP contribution < -0.4 is 15.0 Å². The molecule has 1 N–H and O–H groups in total. The zero-order valence-corrected chi connectivity index (χ0v) is 17.5. The van der Waals surface area contributed by atoms with E-state index in [2.05, 4.69) is 26.1 Å². The summed E-state index contributed by atoms with van der Waals surface area (Å²) in [5.41, 5.74) is 1.74. The number of nitrogens with one attached hydrogen (secondary N) is 1. The lowest BCUT2D eigenvalue weighted by Gasteiger charge is -2.35. The van der Waals surface area contributed by atoms with Gasteiger partial charge in [-0.05, 0) is 36.5 Å². The highest BCUT2D eigenvalue weighted by atomic mass is 16.5. The number of hydrogen-bond donors (Lipinski definition) is 1. The Morgan fingerprint density at radius 3 is 2.63 bits per heavy atom. The Labute approximate surface area is 162 Å². The van der Waals surface area contributed by atoms with Gasteiger partial charge in [0.15, 0.2) is 0 Å². The van der Waals surface area contributed by atoms with Gasteiger partial charge in [-0.15, -0.1) is 0 Å². The van der Waals surface area contributed by atoms with Gasteiger partial charge in [-0.3, -0.25) is 9.59 Å². The molecule has 6 nitrogen and oxygen atoms in total. The SMILES string of the molecule is CN(C)C(=O)c1ccc2c(c1)N(C)C(CC(=O)NCCCC(C)(C)C)CO2. The van der Waals surface area contributed by atoms with Crippen molar-refractivity contribution in [1.29, 1.82) is 0 Å². The van der Waals surface area contributed by atoms with Gasteiger partial charge in [0.2, 0.25) is 5.91 Å². The lowest BCUT2D eigenvalue weighted by atomic mass is 9.91. The molecular weight excluding hydrogens is 342 g/mol. The van der Waals surface area contributed by atoms with E-state index in [0.29, 0.717) is 25.1 Å². The second-order valence-corrected chi connectivity index (χ2v) is 8.68. The van der Waals surface area contributed by atoms with Crippen LogP contribution in [0.3, 0.4) is 0 Å². The second kappa shape index (κ2) is 8.63. The lowest BCUT2D eigenvalue weighted by molar-refractivity contribution is -0.121. The van der Waals surface area contributed by atoms with Gasteiger partial charge >= 0.3 is 0 Å². The number of carbonyl (C=O) groups is 2. The van der Waals surface area contributed by atoms with E-state index >= 15 is 0 Å². The molecule has 1 aromatic rings. The van der Waals surface area contributed by atoms with Crippen molar-refractivity contribution in [2.24, 2.45) is 5.41 Å². The van der Waals surface area contributed by atoms with Gasteiger partial charge in [0.1, 0.15) is 12.4 Å². The molecule has 1 atom stereocenters. The number of anilines is 1. The molecule has 0 saturated heterocycles. The summed E-state index contributed by atoms with van der Waals surface area (Å²) >= 11 is 0. The Morgan fingerprint density at radius 1 is 1.30 bits per heavy atom. The van der Waals surface area contributed by atoms with Gasteiger partial charge in [-0.2, -0.15) is 0 Å². The van der Waals surface area contributed by atoms with Crippen molar-refractivity contribution >= 4 is 17.5 Å². The highest BCUT2D eigenvalue weighted by Crippen LogP contribution is 2.34. The van der Waals surface area contributed by atoms with Gasteiger partial charge in [0.05, 0.1) is 18.2 Å². The van der Waals surface area contributed by atoms with Crippen LogP contribution in [0.1, 0.15) is 50.4 Å². The van der Waals surface area contributed by atoms with Crippen molar-refractivity contribution in [1.82, 2.24) is 10.2 Å². The number of hydrogen-bond acceptors (Lipinski definition) is 4. The summed E-state index contributed by atoms with van der Waals surface area (Å²) in [5, 5.41) is 3.01. The Bertz CT molecular complexity index is 680. The lowest BCUT2D eigenvalue weighted by Crippen LogP contribution is -2.44. The minimum absolute atomic E-state index is 0.0355. The summed E-state index contributed by atoms with van der Waals surface area (Å²) in [6.45, 7) is 7.77. The van der Waals surface area contributed by atoms with Gasteiger partial charge in [0.25, 0.3) is 5.91 Å². The van der Waals surface area contributed by atoms with E-state index in [1.54, 1.807) is 25.1 Å². The van der Waals surface area contributed by atoms with Gasteiger partial charge in [-0.25, -0.2) is 0 Å². The molecule has 1 heterocycles. The van der Waals surface area contributed by atoms with Crippen LogP contribution in [0.25, 0.3) is 0 Å². The fourth-order valence-electron chi connectivity index (χ4n) is 3.13. The fourth-order valence-corrected chi connectivity index (χ4v) is 3.13. The highest BCUT2D eigenvalue weighted by molar-refractivity contribution is 5.95. The minimum atomic E-state index is -0.0511. The van der Waals surface area contributed by atoms with E-state index in [9.17, 15) is 9.59 Å². The quantitative estimate of drug-likeness (QED) is 0.777. The summed E-state index contributed by atoms with van der Waals surface area (Å²) in [4.78, 5) is 28.1. The number of ether oxygens (including phenoxy) is 1. The van der Waals surface area contributed by atoms with Crippen LogP contribution in [0.2, 0.25) is 0 Å². The predicted molar refractivity (Wildman–Crippen MR) is 108 cm³/mol. The second-order valence-electron chi connectivity index (χ2n) is 8.68. The molecule has 6 heteroatoms. The molecule has 0 radical (unpaired) electrons. The maximum absolute atomic E-state index is 12.3. The molecule has 0 aromatic heterocycles. The molecule has 2 amide bonds. The van der Waals surface area contributed by atoms with E-state index in [1.807, 2.05) is 24.1 Å². The van der Waals surface area contributed by atoms with Crippen LogP contribution >= 0.6 is 0 Å². The first kappa shape index (κ1) is 21.1. The molecule has 1 aliphatic heterocycles. The van der Waals surface area contributed by atoms with Gasteiger partial charge < -0.3 is 19.9 Å². The van der Waals surface area contributed by atoms with Crippen molar-refractivity contribution in [2.45, 2.75) is 46.1 Å². The number of rotatable bonds is 6. The van der Waals surface area contributed by atoms with Crippen LogP contribution in [-0.2, 0) is 4.79 Å². The normalized spacial score (nSPS) is 16.4. The molecule has 0 aliphatic carbocycles. The van der Waals surface area contributed by atoms with E-state index in [-0.39, 0.29) is 23.3 Å². The van der Waals surface area contributed by atoms with E-state index < -0.39 is 0 Å². The summed E-state index contributed by atoms with van der Waals surface area (Å²) in [6.07, 6.45) is 2.43. The molecule has 27 heavy (non-hydrogen) atoms. The minimum Gasteiger partial charge on any atom is -0.489 e. The first-order valence-corrected chi connectivity index (χ1v) is 9.56. The molecule has 1 aliphatic rings. The van der Waals surface area contributed by atoms with Crippen LogP contribution in [0.4, 0.5) is 5.69 Å².